The largest absolute Gasteiger partial charge is 0.368 e. The van der Waals surface area contributed by atoms with E-state index in [1.807, 2.05) is 0 Å². The SMILES string of the molecule is CN1CCC(N2CC2C(N)=O)CC1. The van der Waals surface area contributed by atoms with Crippen LogP contribution in [0.15, 0.2) is 0 Å². The maximum absolute atomic E-state index is 10.8. The van der Waals surface area contributed by atoms with Crippen molar-refractivity contribution in [2.45, 2.75) is 24.9 Å². The van der Waals surface area contributed by atoms with Crippen molar-refractivity contribution >= 4 is 5.91 Å². The quantitative estimate of drug-likeness (QED) is 0.573. The first kappa shape index (κ1) is 8.97. The Balaban J connectivity index is 1.81. The molecule has 2 rings (SSSR count). The van der Waals surface area contributed by atoms with Crippen LogP contribution in [0.5, 0.6) is 0 Å². The first-order chi connectivity index (χ1) is 6.18. The number of nitrogens with zero attached hydrogens (tertiary/aromatic N) is 2. The second-order valence-electron chi connectivity index (χ2n) is 4.15. The fourth-order valence-corrected chi connectivity index (χ4v) is 2.14. The van der Waals surface area contributed by atoms with Gasteiger partial charge in [0.05, 0.1) is 0 Å². The number of hydrogen-bond donors (Lipinski definition) is 1. The lowest BCUT2D eigenvalue weighted by Gasteiger charge is -2.29. The monoisotopic (exact) mass is 183 g/mol. The summed E-state index contributed by atoms with van der Waals surface area (Å²) in [5, 5.41) is 0. The molecule has 0 aromatic rings. The molecule has 0 aromatic carbocycles. The molecular formula is C9H17N3O. The van der Waals surface area contributed by atoms with Crippen LogP contribution in [-0.4, -0.2) is 54.5 Å². The number of hydrogen-bond acceptors (Lipinski definition) is 3. The van der Waals surface area contributed by atoms with Gasteiger partial charge in [-0.15, -0.1) is 0 Å². The number of nitrogens with two attached hydrogens (primary N) is 1. The summed E-state index contributed by atoms with van der Waals surface area (Å²) in [5.41, 5.74) is 5.23. The predicted molar refractivity (Wildman–Crippen MR) is 50.2 cm³/mol. The molecule has 2 unspecified atom stereocenters. The van der Waals surface area contributed by atoms with E-state index in [0.29, 0.717) is 6.04 Å². The summed E-state index contributed by atoms with van der Waals surface area (Å²) in [6.45, 7) is 3.18. The molecule has 0 bridgehead atoms. The number of piperidine rings is 1. The van der Waals surface area contributed by atoms with Gasteiger partial charge in [0.1, 0.15) is 6.04 Å². The molecule has 0 aliphatic carbocycles. The average molecular weight is 183 g/mol. The van der Waals surface area contributed by atoms with Crippen LogP contribution in [0.3, 0.4) is 0 Å². The van der Waals surface area contributed by atoms with E-state index in [0.717, 1.165) is 19.6 Å². The third-order valence-electron chi connectivity index (χ3n) is 3.14. The van der Waals surface area contributed by atoms with Gasteiger partial charge in [-0.25, -0.2) is 0 Å². The molecule has 2 atom stereocenters. The molecule has 2 saturated heterocycles. The minimum absolute atomic E-state index is 0.0495. The maximum Gasteiger partial charge on any atom is 0.236 e. The van der Waals surface area contributed by atoms with Crippen LogP contribution in [0.2, 0.25) is 0 Å². The molecule has 4 nitrogen and oxygen atoms in total. The number of carbonyl (C=O) groups excluding carboxylic acids is 1. The van der Waals surface area contributed by atoms with Crippen molar-refractivity contribution < 1.29 is 4.79 Å². The highest BCUT2D eigenvalue weighted by Crippen LogP contribution is 2.27. The maximum atomic E-state index is 10.8. The van der Waals surface area contributed by atoms with Crippen LogP contribution in [0, 0.1) is 0 Å². The van der Waals surface area contributed by atoms with Crippen molar-refractivity contribution in [1.29, 1.82) is 0 Å². The van der Waals surface area contributed by atoms with Gasteiger partial charge >= 0.3 is 0 Å². The van der Waals surface area contributed by atoms with E-state index in [4.69, 9.17) is 5.73 Å². The molecule has 0 spiro atoms. The van der Waals surface area contributed by atoms with E-state index >= 15 is 0 Å². The number of likely N-dealkylation sites (tertiary alicyclic amines) is 1. The molecule has 2 N–H and O–H groups in total. The summed E-state index contributed by atoms with van der Waals surface area (Å²) in [7, 11) is 2.14. The van der Waals surface area contributed by atoms with E-state index in [2.05, 4.69) is 16.8 Å². The van der Waals surface area contributed by atoms with Gasteiger partial charge in [-0.05, 0) is 33.0 Å². The predicted octanol–water partition coefficient (Wildman–Crippen LogP) is -0.750. The van der Waals surface area contributed by atoms with Crippen LogP contribution in [0.25, 0.3) is 0 Å². The van der Waals surface area contributed by atoms with Crippen molar-refractivity contribution in [2.24, 2.45) is 5.73 Å². The van der Waals surface area contributed by atoms with Crippen molar-refractivity contribution in [3.8, 4) is 0 Å². The Kier molecular flexibility index (Phi) is 2.26. The third-order valence-corrected chi connectivity index (χ3v) is 3.14. The van der Waals surface area contributed by atoms with E-state index in [1.165, 1.54) is 12.8 Å². The molecule has 1 amide bonds. The molecule has 0 saturated carbocycles. The molecule has 13 heavy (non-hydrogen) atoms. The summed E-state index contributed by atoms with van der Waals surface area (Å²) in [4.78, 5) is 15.4. The Hall–Kier alpha value is -0.610. The normalized spacial score (nSPS) is 36.1. The van der Waals surface area contributed by atoms with Crippen LogP contribution >= 0.6 is 0 Å². The minimum atomic E-state index is -0.154. The van der Waals surface area contributed by atoms with Crippen LogP contribution in [0.4, 0.5) is 0 Å². The number of amides is 1. The third kappa shape index (κ3) is 1.84. The van der Waals surface area contributed by atoms with Crippen molar-refractivity contribution in [3.63, 3.8) is 0 Å². The molecule has 74 valence electrons. The zero-order valence-corrected chi connectivity index (χ0v) is 8.07. The Morgan fingerprint density at radius 2 is 2.00 bits per heavy atom. The molecule has 0 radical (unpaired) electrons. The second kappa shape index (κ2) is 3.27. The van der Waals surface area contributed by atoms with Crippen LogP contribution in [-0.2, 0) is 4.79 Å². The van der Waals surface area contributed by atoms with Crippen molar-refractivity contribution in [3.05, 3.63) is 0 Å². The molecule has 2 heterocycles. The van der Waals surface area contributed by atoms with Gasteiger partial charge in [0.15, 0.2) is 0 Å². The average Bonchev–Trinajstić information content (AvgIpc) is 2.85. The highest BCUT2D eigenvalue weighted by atomic mass is 16.1. The fraction of sp³-hybridized carbons (Fsp3) is 0.889. The van der Waals surface area contributed by atoms with Crippen molar-refractivity contribution in [2.75, 3.05) is 26.7 Å². The van der Waals surface area contributed by atoms with Gasteiger partial charge in [-0.3, -0.25) is 9.69 Å². The Morgan fingerprint density at radius 1 is 1.38 bits per heavy atom. The van der Waals surface area contributed by atoms with Gasteiger partial charge in [-0.1, -0.05) is 0 Å². The second-order valence-corrected chi connectivity index (χ2v) is 4.15. The topological polar surface area (TPSA) is 49.3 Å². The Labute approximate surface area is 78.7 Å². The van der Waals surface area contributed by atoms with E-state index in [-0.39, 0.29) is 11.9 Å². The first-order valence-corrected chi connectivity index (χ1v) is 4.92. The zero-order valence-electron chi connectivity index (χ0n) is 8.07. The van der Waals surface area contributed by atoms with Crippen molar-refractivity contribution in [1.82, 2.24) is 9.80 Å². The van der Waals surface area contributed by atoms with Gasteiger partial charge < -0.3 is 10.6 Å². The van der Waals surface area contributed by atoms with Gasteiger partial charge in [-0.2, -0.15) is 0 Å². The first-order valence-electron chi connectivity index (χ1n) is 4.92. The van der Waals surface area contributed by atoms with E-state index in [9.17, 15) is 4.79 Å². The lowest BCUT2D eigenvalue weighted by molar-refractivity contribution is -0.118. The Bertz CT molecular complexity index is 211. The van der Waals surface area contributed by atoms with Gasteiger partial charge in [0, 0.05) is 12.6 Å². The van der Waals surface area contributed by atoms with Crippen LogP contribution < -0.4 is 5.73 Å². The summed E-state index contributed by atoms with van der Waals surface area (Å²) >= 11 is 0. The summed E-state index contributed by atoms with van der Waals surface area (Å²) in [6, 6.07) is 0.655. The van der Waals surface area contributed by atoms with Gasteiger partial charge in [0.2, 0.25) is 5.91 Å². The summed E-state index contributed by atoms with van der Waals surface area (Å²) in [6.07, 6.45) is 2.36. The summed E-state index contributed by atoms with van der Waals surface area (Å²) in [5.74, 6) is -0.154. The lowest BCUT2D eigenvalue weighted by atomic mass is 10.1. The fourth-order valence-electron chi connectivity index (χ4n) is 2.14. The number of carbonyl (C=O) groups is 1. The van der Waals surface area contributed by atoms with Gasteiger partial charge in [0.25, 0.3) is 0 Å². The molecule has 4 heteroatoms. The Morgan fingerprint density at radius 3 is 2.46 bits per heavy atom. The molecular weight excluding hydrogens is 166 g/mol. The van der Waals surface area contributed by atoms with E-state index < -0.39 is 0 Å². The van der Waals surface area contributed by atoms with E-state index in [1.54, 1.807) is 0 Å². The zero-order chi connectivity index (χ0) is 9.42. The molecule has 2 fully saturated rings. The lowest BCUT2D eigenvalue weighted by Crippen LogP contribution is -2.38. The molecule has 0 aromatic heterocycles. The number of rotatable bonds is 2. The highest BCUT2D eigenvalue weighted by molar-refractivity contribution is 5.82. The van der Waals surface area contributed by atoms with Crippen LogP contribution in [0.1, 0.15) is 12.8 Å². The standard InChI is InChI=1S/C9H17N3O/c1-11-4-2-7(3-5-11)12-6-8(12)9(10)13/h7-8H,2-6H2,1H3,(H2,10,13). The summed E-state index contributed by atoms with van der Waals surface area (Å²) < 4.78 is 0. The molecule has 2 aliphatic heterocycles. The minimum Gasteiger partial charge on any atom is -0.368 e. The molecule has 2 aliphatic rings. The number of primary amides is 1. The smallest absolute Gasteiger partial charge is 0.236 e. The highest BCUT2D eigenvalue weighted by Gasteiger charge is 2.43.